The zero-order valence-electron chi connectivity index (χ0n) is 15.0. The molecule has 1 unspecified atom stereocenters. The number of alkyl halides is 3. The summed E-state index contributed by atoms with van der Waals surface area (Å²) in [4.78, 5) is 13.1. The number of aromatic nitrogens is 4. The minimum atomic E-state index is -4.41. The Hall–Kier alpha value is -3.23. The topological polar surface area (TPSA) is 68.0 Å². The van der Waals surface area contributed by atoms with Crippen LogP contribution >= 0.6 is 0 Å². The van der Waals surface area contributed by atoms with Gasteiger partial charge in [-0.2, -0.15) is 17.9 Å². The summed E-state index contributed by atoms with van der Waals surface area (Å²) >= 11 is 0. The van der Waals surface area contributed by atoms with Gasteiger partial charge in [0.15, 0.2) is 0 Å². The fraction of sp³-hybridized carbons (Fsp3) is 0.263. The zero-order chi connectivity index (χ0) is 19.7. The maximum absolute atomic E-state index is 13.0. The molecule has 1 N–H and O–H groups in total. The summed E-state index contributed by atoms with van der Waals surface area (Å²) in [5.41, 5.74) is 0.677. The summed E-state index contributed by atoms with van der Waals surface area (Å²) in [6.45, 7) is 2.23. The smallest absolute Gasteiger partial charge is 0.324 e. The third-order valence-corrected chi connectivity index (χ3v) is 4.44. The van der Waals surface area contributed by atoms with E-state index in [9.17, 15) is 13.2 Å². The molecule has 0 saturated heterocycles. The summed E-state index contributed by atoms with van der Waals surface area (Å²) in [7, 11) is 0. The van der Waals surface area contributed by atoms with Crippen LogP contribution in [-0.4, -0.2) is 32.3 Å². The number of fused-ring (bicyclic) bond motifs is 1. The Kier molecular flexibility index (Phi) is 4.58. The lowest BCUT2D eigenvalue weighted by Crippen LogP contribution is -2.32. The number of anilines is 1. The van der Waals surface area contributed by atoms with Gasteiger partial charge in [-0.05, 0) is 49.2 Å². The van der Waals surface area contributed by atoms with Crippen molar-refractivity contribution in [3.05, 3.63) is 71.6 Å². The minimum absolute atomic E-state index is 0.0238. The second-order valence-electron chi connectivity index (χ2n) is 6.55. The van der Waals surface area contributed by atoms with Crippen LogP contribution in [0.3, 0.4) is 0 Å². The highest BCUT2D eigenvalue weighted by Gasteiger charge is 2.31. The Morgan fingerprint density at radius 2 is 1.96 bits per heavy atom. The van der Waals surface area contributed by atoms with Crippen molar-refractivity contribution in [1.82, 2.24) is 19.7 Å². The highest BCUT2D eigenvalue weighted by molar-refractivity contribution is 5.95. The highest BCUT2D eigenvalue weighted by atomic mass is 19.4. The van der Waals surface area contributed by atoms with Crippen molar-refractivity contribution in [2.75, 3.05) is 11.9 Å². The van der Waals surface area contributed by atoms with Crippen molar-refractivity contribution in [2.45, 2.75) is 25.4 Å². The molecule has 3 heterocycles. The Morgan fingerprint density at radius 1 is 1.18 bits per heavy atom. The van der Waals surface area contributed by atoms with E-state index in [2.05, 4.69) is 25.4 Å². The van der Waals surface area contributed by atoms with E-state index in [0.717, 1.165) is 29.9 Å². The number of hydrogen-bond acceptors (Lipinski definition) is 5. The average Bonchev–Trinajstić information content (AvgIpc) is 3.06. The molecule has 3 aromatic rings. The van der Waals surface area contributed by atoms with E-state index in [1.165, 1.54) is 6.07 Å². The summed E-state index contributed by atoms with van der Waals surface area (Å²) < 4.78 is 40.4. The van der Waals surface area contributed by atoms with Crippen molar-refractivity contribution in [1.29, 1.82) is 0 Å². The number of nitrogens with zero attached hydrogens (tertiary/aromatic N) is 5. The first-order chi connectivity index (χ1) is 13.4. The van der Waals surface area contributed by atoms with Gasteiger partial charge in [-0.15, -0.1) is 5.10 Å². The van der Waals surface area contributed by atoms with Gasteiger partial charge >= 0.3 is 6.18 Å². The van der Waals surface area contributed by atoms with Crippen LogP contribution in [0.2, 0.25) is 0 Å². The lowest BCUT2D eigenvalue weighted by molar-refractivity contribution is -0.137. The van der Waals surface area contributed by atoms with Gasteiger partial charge in [0, 0.05) is 24.0 Å². The largest absolute Gasteiger partial charge is 0.416 e. The number of rotatable bonds is 3. The fourth-order valence-electron chi connectivity index (χ4n) is 3.15. The van der Waals surface area contributed by atoms with Crippen molar-refractivity contribution in [2.24, 2.45) is 4.99 Å². The number of aryl methyl sites for hydroxylation is 1. The standard InChI is InChI=1S/C19H17F3N6/c1-12-25-17-14(9-13-5-7-23-8-6-13)11-24-18(28(17)27-12)26-16-4-2-3-15(10-16)19(20,21)22/h2-8,10,14H,9,11H2,1H3,(H,24,26). The molecular weight excluding hydrogens is 369 g/mol. The molecule has 0 fully saturated rings. The summed E-state index contributed by atoms with van der Waals surface area (Å²) in [6, 6.07) is 8.87. The van der Waals surface area contributed by atoms with Crippen molar-refractivity contribution < 1.29 is 13.2 Å². The molecule has 1 aromatic carbocycles. The van der Waals surface area contributed by atoms with E-state index in [1.807, 2.05) is 12.1 Å². The van der Waals surface area contributed by atoms with Crippen LogP contribution in [0.25, 0.3) is 0 Å². The van der Waals surface area contributed by atoms with E-state index in [4.69, 9.17) is 0 Å². The normalized spacial score (nSPS) is 16.4. The third-order valence-electron chi connectivity index (χ3n) is 4.44. The summed E-state index contributed by atoms with van der Waals surface area (Å²) in [5, 5.41) is 7.32. The zero-order valence-corrected chi connectivity index (χ0v) is 15.0. The minimum Gasteiger partial charge on any atom is -0.324 e. The lowest BCUT2D eigenvalue weighted by atomic mass is 9.98. The SMILES string of the molecule is Cc1nc2n(n1)C(Nc1cccc(C(F)(F)F)c1)=NCC2Cc1ccncc1. The molecule has 9 heteroatoms. The van der Waals surface area contributed by atoms with Gasteiger partial charge in [-0.1, -0.05) is 6.07 Å². The van der Waals surface area contributed by atoms with Crippen molar-refractivity contribution in [3.63, 3.8) is 0 Å². The molecule has 0 spiro atoms. The van der Waals surface area contributed by atoms with Crippen LogP contribution < -0.4 is 5.32 Å². The number of nitrogens with one attached hydrogen (secondary N) is 1. The monoisotopic (exact) mass is 386 g/mol. The Morgan fingerprint density at radius 3 is 2.71 bits per heavy atom. The van der Waals surface area contributed by atoms with Gasteiger partial charge in [-0.3, -0.25) is 9.98 Å². The van der Waals surface area contributed by atoms with Gasteiger partial charge in [0.25, 0.3) is 0 Å². The van der Waals surface area contributed by atoms with E-state index in [0.29, 0.717) is 24.0 Å². The van der Waals surface area contributed by atoms with Crippen LogP contribution in [0.4, 0.5) is 18.9 Å². The number of aliphatic imine (C=N–C) groups is 1. The Labute approximate surface area is 159 Å². The van der Waals surface area contributed by atoms with Gasteiger partial charge in [-0.25, -0.2) is 4.98 Å². The van der Waals surface area contributed by atoms with Crippen LogP contribution in [0, 0.1) is 6.92 Å². The van der Waals surface area contributed by atoms with Crippen LogP contribution in [0.1, 0.15) is 28.7 Å². The van der Waals surface area contributed by atoms with Crippen LogP contribution in [0.5, 0.6) is 0 Å². The Bertz CT molecular complexity index is 1010. The van der Waals surface area contributed by atoms with Gasteiger partial charge in [0.1, 0.15) is 11.6 Å². The average molecular weight is 386 g/mol. The summed E-state index contributed by atoms with van der Waals surface area (Å²) in [5.74, 6) is 1.70. The van der Waals surface area contributed by atoms with Gasteiger partial charge in [0.2, 0.25) is 5.96 Å². The summed E-state index contributed by atoms with van der Waals surface area (Å²) in [6.07, 6.45) is -0.215. The highest BCUT2D eigenvalue weighted by Crippen LogP contribution is 2.31. The van der Waals surface area contributed by atoms with Gasteiger partial charge in [0.05, 0.1) is 12.1 Å². The molecule has 144 valence electrons. The molecule has 1 aliphatic rings. The van der Waals surface area contributed by atoms with E-state index in [-0.39, 0.29) is 5.92 Å². The lowest BCUT2D eigenvalue weighted by Gasteiger charge is -2.22. The molecule has 1 aliphatic heterocycles. The Balaban J connectivity index is 1.60. The van der Waals surface area contributed by atoms with Crippen molar-refractivity contribution >= 4 is 11.6 Å². The third kappa shape index (κ3) is 3.73. The van der Waals surface area contributed by atoms with E-state index >= 15 is 0 Å². The first kappa shape index (κ1) is 18.1. The molecule has 4 rings (SSSR count). The van der Waals surface area contributed by atoms with Gasteiger partial charge < -0.3 is 5.32 Å². The predicted molar refractivity (Wildman–Crippen MR) is 98.2 cm³/mol. The number of halogens is 3. The molecule has 0 amide bonds. The molecular formula is C19H17F3N6. The predicted octanol–water partition coefficient (Wildman–Crippen LogP) is 3.66. The first-order valence-electron chi connectivity index (χ1n) is 8.72. The molecule has 0 saturated carbocycles. The quantitative estimate of drug-likeness (QED) is 0.746. The first-order valence-corrected chi connectivity index (χ1v) is 8.72. The van der Waals surface area contributed by atoms with E-state index in [1.54, 1.807) is 30.1 Å². The molecule has 0 radical (unpaired) electrons. The number of benzene rings is 1. The molecule has 0 aliphatic carbocycles. The fourth-order valence-corrected chi connectivity index (χ4v) is 3.15. The maximum atomic E-state index is 13.0. The second-order valence-corrected chi connectivity index (χ2v) is 6.55. The second kappa shape index (κ2) is 7.06. The number of hydrogen-bond donors (Lipinski definition) is 1. The molecule has 2 aromatic heterocycles. The molecule has 28 heavy (non-hydrogen) atoms. The molecule has 0 bridgehead atoms. The number of pyridine rings is 1. The van der Waals surface area contributed by atoms with Crippen LogP contribution in [-0.2, 0) is 12.6 Å². The van der Waals surface area contributed by atoms with Crippen LogP contribution in [0.15, 0.2) is 53.8 Å². The van der Waals surface area contributed by atoms with E-state index < -0.39 is 11.7 Å². The molecule has 6 nitrogen and oxygen atoms in total. The molecule has 1 atom stereocenters. The maximum Gasteiger partial charge on any atom is 0.416 e. The van der Waals surface area contributed by atoms with Crippen molar-refractivity contribution in [3.8, 4) is 0 Å².